The highest BCUT2D eigenvalue weighted by Crippen LogP contribution is 2.42. The van der Waals surface area contributed by atoms with Crippen molar-refractivity contribution in [3.63, 3.8) is 0 Å². The van der Waals surface area contributed by atoms with Gasteiger partial charge in [0.1, 0.15) is 12.6 Å². The van der Waals surface area contributed by atoms with E-state index in [1.165, 1.54) is 16.5 Å². The number of aromatic amines is 1. The summed E-state index contributed by atoms with van der Waals surface area (Å²) in [4.78, 5) is 34.0. The number of para-hydroxylation sites is 1. The fourth-order valence-electron chi connectivity index (χ4n) is 5.35. The van der Waals surface area contributed by atoms with Gasteiger partial charge in [-0.1, -0.05) is 48.5 Å². The third kappa shape index (κ3) is 2.76. The molecule has 6 rings (SSSR count). The Morgan fingerprint density at radius 3 is 2.53 bits per heavy atom. The van der Waals surface area contributed by atoms with Gasteiger partial charge in [0, 0.05) is 29.1 Å². The first-order valence-electron chi connectivity index (χ1n) is 11.0. The van der Waals surface area contributed by atoms with Crippen LogP contribution in [0.25, 0.3) is 10.9 Å². The Bertz CT molecular complexity index is 1130. The van der Waals surface area contributed by atoms with Gasteiger partial charge in [-0.25, -0.2) is 0 Å². The summed E-state index contributed by atoms with van der Waals surface area (Å²) in [6, 6.07) is 18.5. The highest BCUT2D eigenvalue weighted by molar-refractivity contribution is 5.97. The maximum Gasteiger partial charge on any atom is 0.246 e. The van der Waals surface area contributed by atoms with Crippen LogP contribution in [-0.2, 0) is 22.4 Å². The summed E-state index contributed by atoms with van der Waals surface area (Å²) < 4.78 is 0. The van der Waals surface area contributed by atoms with Gasteiger partial charge in [0.2, 0.25) is 11.8 Å². The van der Waals surface area contributed by atoms with Gasteiger partial charge in [-0.2, -0.15) is 0 Å². The Morgan fingerprint density at radius 1 is 0.967 bits per heavy atom. The van der Waals surface area contributed by atoms with Crippen LogP contribution in [0.5, 0.6) is 0 Å². The molecule has 1 aromatic heterocycles. The third-order valence-corrected chi connectivity index (χ3v) is 6.95. The smallest absolute Gasteiger partial charge is 0.246 e. The molecule has 1 aliphatic carbocycles. The van der Waals surface area contributed by atoms with E-state index >= 15 is 0 Å². The van der Waals surface area contributed by atoms with E-state index in [0.29, 0.717) is 6.42 Å². The van der Waals surface area contributed by atoms with Crippen molar-refractivity contribution < 1.29 is 9.59 Å². The number of aryl methyl sites for hydroxylation is 1. The lowest BCUT2D eigenvalue weighted by Crippen LogP contribution is -2.63. The van der Waals surface area contributed by atoms with Gasteiger partial charge < -0.3 is 14.8 Å². The lowest BCUT2D eigenvalue weighted by atomic mass is 9.86. The van der Waals surface area contributed by atoms with Crippen LogP contribution in [0.15, 0.2) is 54.6 Å². The number of nitrogens with one attached hydrogen (secondary N) is 1. The number of piperazine rings is 1. The summed E-state index contributed by atoms with van der Waals surface area (Å²) in [6.45, 7) is 0.234. The van der Waals surface area contributed by atoms with Crippen LogP contribution in [-0.4, -0.2) is 45.2 Å². The van der Waals surface area contributed by atoms with E-state index in [0.717, 1.165) is 36.9 Å². The summed E-state index contributed by atoms with van der Waals surface area (Å²) >= 11 is 0. The molecule has 1 unspecified atom stereocenters. The molecule has 1 N–H and O–H groups in total. The minimum atomic E-state index is -0.376. The maximum absolute atomic E-state index is 13.4. The topological polar surface area (TPSA) is 56.4 Å². The summed E-state index contributed by atoms with van der Waals surface area (Å²) in [5, 5.41) is 1.18. The van der Waals surface area contributed by atoms with Gasteiger partial charge in [-0.3, -0.25) is 9.59 Å². The average molecular weight is 399 g/mol. The Kier molecular flexibility index (Phi) is 3.98. The predicted octanol–water partition coefficient (Wildman–Crippen LogP) is 3.60. The monoisotopic (exact) mass is 399 g/mol. The standard InChI is InChI=1S/C25H25N3O2/c29-23-15-27(17-11-12-17)25(30)22-14-19-18-8-4-5-9-20(18)26-24(19)21(28(22)23)13-10-16-6-2-1-3-7-16/h1-9,17,21-22,26H,10-15H2/t21?,22-/m1/s1. The number of hydrogen-bond donors (Lipinski definition) is 1. The van der Waals surface area contributed by atoms with Gasteiger partial charge in [-0.05, 0) is 42.9 Å². The molecule has 0 spiro atoms. The largest absolute Gasteiger partial charge is 0.356 e. The Labute approximate surface area is 175 Å². The second-order valence-electron chi connectivity index (χ2n) is 8.82. The third-order valence-electron chi connectivity index (χ3n) is 6.95. The van der Waals surface area contributed by atoms with E-state index in [9.17, 15) is 9.59 Å². The van der Waals surface area contributed by atoms with Gasteiger partial charge in [0.25, 0.3) is 0 Å². The van der Waals surface area contributed by atoms with E-state index in [1.54, 1.807) is 0 Å². The zero-order valence-electron chi connectivity index (χ0n) is 16.9. The summed E-state index contributed by atoms with van der Waals surface area (Å²) in [5.41, 5.74) is 4.67. The first kappa shape index (κ1) is 17.8. The molecule has 5 nitrogen and oxygen atoms in total. The Hall–Kier alpha value is -3.08. The molecule has 3 aromatic rings. The highest BCUT2D eigenvalue weighted by atomic mass is 16.2. The molecule has 2 fully saturated rings. The van der Waals surface area contributed by atoms with Crippen LogP contribution in [0, 0.1) is 0 Å². The van der Waals surface area contributed by atoms with Crippen LogP contribution < -0.4 is 0 Å². The molecule has 3 aliphatic rings. The Morgan fingerprint density at radius 2 is 1.73 bits per heavy atom. The lowest BCUT2D eigenvalue weighted by molar-refractivity contribution is -0.160. The first-order chi connectivity index (χ1) is 14.7. The molecule has 0 bridgehead atoms. The zero-order chi connectivity index (χ0) is 20.2. The first-order valence-corrected chi connectivity index (χ1v) is 11.0. The fraction of sp³-hybridized carbons (Fsp3) is 0.360. The van der Waals surface area contributed by atoms with E-state index < -0.39 is 0 Å². The van der Waals surface area contributed by atoms with Crippen molar-refractivity contribution >= 4 is 22.7 Å². The van der Waals surface area contributed by atoms with Crippen molar-refractivity contribution in [3.8, 4) is 0 Å². The van der Waals surface area contributed by atoms with Gasteiger partial charge in [0.15, 0.2) is 0 Å². The normalized spacial score (nSPS) is 23.6. The molecule has 2 aromatic carbocycles. The van der Waals surface area contributed by atoms with Crippen molar-refractivity contribution in [1.29, 1.82) is 0 Å². The SMILES string of the molecule is O=C1[C@H]2Cc3c([nH]c4ccccc34)C(CCc3ccccc3)N2C(=O)CN1C1CC1. The lowest BCUT2D eigenvalue weighted by Gasteiger charge is -2.47. The fourth-order valence-corrected chi connectivity index (χ4v) is 5.35. The average Bonchev–Trinajstić information content (AvgIpc) is 3.55. The summed E-state index contributed by atoms with van der Waals surface area (Å²) in [5.74, 6) is 0.228. The van der Waals surface area contributed by atoms with E-state index in [-0.39, 0.29) is 36.5 Å². The van der Waals surface area contributed by atoms with Crippen LogP contribution >= 0.6 is 0 Å². The quantitative estimate of drug-likeness (QED) is 0.729. The second-order valence-corrected chi connectivity index (χ2v) is 8.82. The van der Waals surface area contributed by atoms with Crippen LogP contribution in [0.3, 0.4) is 0 Å². The van der Waals surface area contributed by atoms with Gasteiger partial charge >= 0.3 is 0 Å². The predicted molar refractivity (Wildman–Crippen MR) is 115 cm³/mol. The molecule has 2 amide bonds. The maximum atomic E-state index is 13.4. The summed E-state index contributed by atoms with van der Waals surface area (Å²) in [6.07, 6.45) is 4.35. The Balaban J connectivity index is 1.42. The number of aromatic nitrogens is 1. The number of rotatable bonds is 4. The molecule has 2 atom stereocenters. The molecule has 3 heterocycles. The molecule has 1 saturated carbocycles. The number of benzene rings is 2. The number of amides is 2. The molecular formula is C25H25N3O2. The molecule has 5 heteroatoms. The van der Waals surface area contributed by atoms with Crippen LogP contribution in [0.2, 0.25) is 0 Å². The van der Waals surface area contributed by atoms with E-state index in [2.05, 4.69) is 41.4 Å². The van der Waals surface area contributed by atoms with Crippen molar-refractivity contribution in [1.82, 2.24) is 14.8 Å². The number of H-pyrrole nitrogens is 1. The van der Waals surface area contributed by atoms with Gasteiger partial charge in [0.05, 0.1) is 6.04 Å². The molecule has 2 aliphatic heterocycles. The van der Waals surface area contributed by atoms with Crippen LogP contribution in [0.1, 0.15) is 42.1 Å². The second kappa shape index (κ2) is 6.73. The summed E-state index contributed by atoms with van der Waals surface area (Å²) in [7, 11) is 0. The van der Waals surface area contributed by atoms with Gasteiger partial charge in [-0.15, -0.1) is 0 Å². The number of fused-ring (bicyclic) bond motifs is 4. The molecule has 0 radical (unpaired) electrons. The van der Waals surface area contributed by atoms with Crippen molar-refractivity contribution in [2.75, 3.05) is 6.54 Å². The van der Waals surface area contributed by atoms with Crippen molar-refractivity contribution in [2.45, 2.75) is 50.2 Å². The molecule has 1 saturated heterocycles. The minimum absolute atomic E-state index is 0.0915. The number of carbonyl (C=O) groups excluding carboxylic acids is 2. The number of carbonyl (C=O) groups is 2. The van der Waals surface area contributed by atoms with Crippen LogP contribution in [0.4, 0.5) is 0 Å². The zero-order valence-corrected chi connectivity index (χ0v) is 16.9. The molecule has 30 heavy (non-hydrogen) atoms. The van der Waals surface area contributed by atoms with Crippen molar-refractivity contribution in [2.24, 2.45) is 0 Å². The number of hydrogen-bond acceptors (Lipinski definition) is 2. The number of nitrogens with zero attached hydrogens (tertiary/aromatic N) is 2. The minimum Gasteiger partial charge on any atom is -0.356 e. The highest BCUT2D eigenvalue weighted by Gasteiger charge is 2.50. The molecule has 152 valence electrons. The van der Waals surface area contributed by atoms with E-state index in [4.69, 9.17) is 0 Å². The van der Waals surface area contributed by atoms with Crippen molar-refractivity contribution in [3.05, 3.63) is 71.4 Å². The molecular weight excluding hydrogens is 374 g/mol. The van der Waals surface area contributed by atoms with E-state index in [1.807, 2.05) is 28.0 Å².